The Balaban J connectivity index is 2.62. The molecule has 0 radical (unpaired) electrons. The van der Waals surface area contributed by atoms with Crippen molar-refractivity contribution in [1.82, 2.24) is 0 Å². The summed E-state index contributed by atoms with van der Waals surface area (Å²) in [4.78, 5) is 23.8. The predicted molar refractivity (Wildman–Crippen MR) is 111 cm³/mol. The highest BCUT2D eigenvalue weighted by Gasteiger charge is 2.26. The minimum atomic E-state index is -0.781. The van der Waals surface area contributed by atoms with E-state index in [0.29, 0.717) is 17.2 Å². The quantitative estimate of drug-likeness (QED) is 0.358. The Kier molecular flexibility index (Phi) is 7.98. The minimum absolute atomic E-state index is 0.212. The van der Waals surface area contributed by atoms with Crippen LogP contribution in [0.3, 0.4) is 0 Å². The molecule has 6 heteroatoms. The molecule has 2 rings (SSSR count). The number of fused-ring (bicyclic) bond motifs is 1. The summed E-state index contributed by atoms with van der Waals surface area (Å²) < 4.78 is 10.5. The molecule has 1 amide bonds. The molecule has 2 aliphatic rings. The number of carbonyl (C=O) groups is 2. The lowest BCUT2D eigenvalue weighted by Crippen LogP contribution is -2.13. The van der Waals surface area contributed by atoms with E-state index in [1.807, 2.05) is 24.3 Å². The third-order valence-corrected chi connectivity index (χ3v) is 4.64. The third-order valence-electron chi connectivity index (χ3n) is 4.28. The van der Waals surface area contributed by atoms with Gasteiger partial charge in [-0.15, -0.1) is 0 Å². The van der Waals surface area contributed by atoms with Crippen LogP contribution >= 0.6 is 12.6 Å². The fourth-order valence-corrected chi connectivity index (χ4v) is 3.26. The van der Waals surface area contributed by atoms with Crippen molar-refractivity contribution >= 4 is 30.4 Å². The molecule has 2 aliphatic carbocycles. The molecule has 146 valence electrons. The van der Waals surface area contributed by atoms with E-state index in [0.717, 1.165) is 47.9 Å². The molecule has 0 bridgehead atoms. The Morgan fingerprint density at radius 1 is 1.07 bits per heavy atom. The summed E-state index contributed by atoms with van der Waals surface area (Å²) >= 11 is 4.34. The van der Waals surface area contributed by atoms with Gasteiger partial charge < -0.3 is 14.8 Å². The van der Waals surface area contributed by atoms with Crippen LogP contribution in [0.1, 0.15) is 51.2 Å². The Labute approximate surface area is 166 Å². The number of unbranched alkanes of at least 4 members (excludes halogenated alkanes) is 2. The molecule has 0 aromatic heterocycles. The van der Waals surface area contributed by atoms with E-state index in [1.54, 1.807) is 6.92 Å². The van der Waals surface area contributed by atoms with Crippen LogP contribution in [0.15, 0.2) is 24.3 Å². The van der Waals surface area contributed by atoms with Crippen LogP contribution in [0.25, 0.3) is 11.1 Å². The lowest BCUT2D eigenvalue weighted by atomic mass is 10.0. The maximum atomic E-state index is 12.0. The van der Waals surface area contributed by atoms with E-state index in [2.05, 4.69) is 24.9 Å². The summed E-state index contributed by atoms with van der Waals surface area (Å²) in [5.41, 5.74) is 4.32. The summed E-state index contributed by atoms with van der Waals surface area (Å²) in [5.74, 6) is 0.734. The van der Waals surface area contributed by atoms with Crippen LogP contribution < -0.4 is 10.1 Å². The molecule has 5 nitrogen and oxygen atoms in total. The second-order valence-electron chi connectivity index (χ2n) is 6.33. The lowest BCUT2D eigenvalue weighted by Gasteiger charge is -2.09. The van der Waals surface area contributed by atoms with E-state index in [4.69, 9.17) is 9.47 Å². The average Bonchev–Trinajstić information content (AvgIpc) is 2.77. The van der Waals surface area contributed by atoms with Crippen LogP contribution in [0.2, 0.25) is 0 Å². The first-order chi connectivity index (χ1) is 13.0. The number of hydrogen-bond acceptors (Lipinski definition) is 5. The average molecular weight is 390 g/mol. The van der Waals surface area contributed by atoms with Gasteiger partial charge in [-0.2, -0.15) is 12.6 Å². The molecule has 0 aromatic carbocycles. The van der Waals surface area contributed by atoms with Crippen LogP contribution in [0, 0.1) is 0 Å². The molecule has 0 unspecified atom stereocenters. The number of amides is 1. The van der Waals surface area contributed by atoms with Gasteiger partial charge in [-0.3, -0.25) is 4.79 Å². The number of ether oxygens (including phenoxy) is 2. The van der Waals surface area contributed by atoms with Gasteiger partial charge in [-0.05, 0) is 36.5 Å². The minimum Gasteiger partial charge on any atom is -0.434 e. The number of thiol groups is 1. The van der Waals surface area contributed by atoms with Crippen molar-refractivity contribution in [2.75, 3.05) is 11.9 Å². The van der Waals surface area contributed by atoms with Gasteiger partial charge >= 0.3 is 6.16 Å². The predicted octanol–water partition coefficient (Wildman–Crippen LogP) is 5.45. The summed E-state index contributed by atoms with van der Waals surface area (Å²) in [6, 6.07) is 7.86. The maximum absolute atomic E-state index is 12.0. The van der Waals surface area contributed by atoms with E-state index in [9.17, 15) is 9.59 Å². The summed E-state index contributed by atoms with van der Waals surface area (Å²) in [6.45, 7) is 5.52. The SMILES string of the molecule is CCCCCc1c2ccc(CS)ccc-2c(OC(=O)OCC)c1NC(C)=O. The normalized spacial score (nSPS) is 10.7. The van der Waals surface area contributed by atoms with Gasteiger partial charge in [-0.1, -0.05) is 44.0 Å². The van der Waals surface area contributed by atoms with Crippen molar-refractivity contribution in [2.24, 2.45) is 0 Å². The third kappa shape index (κ3) is 5.39. The first-order valence-electron chi connectivity index (χ1n) is 9.32. The van der Waals surface area contributed by atoms with Crippen molar-refractivity contribution in [1.29, 1.82) is 0 Å². The highest BCUT2D eigenvalue weighted by molar-refractivity contribution is 7.79. The van der Waals surface area contributed by atoms with Crippen LogP contribution in [-0.2, 0) is 21.7 Å². The number of rotatable bonds is 8. The van der Waals surface area contributed by atoms with Crippen LogP contribution in [0.5, 0.6) is 5.75 Å². The molecule has 27 heavy (non-hydrogen) atoms. The lowest BCUT2D eigenvalue weighted by molar-refractivity contribution is -0.114. The first kappa shape index (κ1) is 21.1. The second-order valence-corrected chi connectivity index (χ2v) is 6.65. The van der Waals surface area contributed by atoms with Crippen molar-refractivity contribution in [3.63, 3.8) is 0 Å². The maximum Gasteiger partial charge on any atom is 0.513 e. The fraction of sp³-hybridized carbons (Fsp3) is 0.429. The molecule has 0 heterocycles. The Bertz CT molecular complexity index is 775. The number of anilines is 1. The molecule has 0 saturated carbocycles. The largest absolute Gasteiger partial charge is 0.513 e. The molecular formula is C21H27NO4S. The van der Waals surface area contributed by atoms with Gasteiger partial charge in [0.15, 0.2) is 5.75 Å². The summed E-state index contributed by atoms with van der Waals surface area (Å²) in [6.07, 6.45) is 3.17. The van der Waals surface area contributed by atoms with E-state index < -0.39 is 6.16 Å². The van der Waals surface area contributed by atoms with Crippen LogP contribution in [0.4, 0.5) is 10.5 Å². The van der Waals surface area contributed by atoms with Gasteiger partial charge in [-0.25, -0.2) is 4.79 Å². The zero-order chi connectivity index (χ0) is 19.8. The molecule has 0 fully saturated rings. The molecular weight excluding hydrogens is 362 g/mol. The van der Waals surface area contributed by atoms with E-state index in [1.165, 1.54) is 6.92 Å². The van der Waals surface area contributed by atoms with E-state index >= 15 is 0 Å². The van der Waals surface area contributed by atoms with Gasteiger partial charge in [0.05, 0.1) is 12.3 Å². The molecule has 1 N–H and O–H groups in total. The van der Waals surface area contributed by atoms with Gasteiger partial charge in [0.2, 0.25) is 5.91 Å². The summed E-state index contributed by atoms with van der Waals surface area (Å²) in [5, 5.41) is 2.86. The monoisotopic (exact) mass is 389 g/mol. The second kappa shape index (κ2) is 10.2. The van der Waals surface area contributed by atoms with Crippen molar-refractivity contribution in [3.05, 3.63) is 35.4 Å². The zero-order valence-electron chi connectivity index (χ0n) is 16.1. The highest BCUT2D eigenvalue weighted by Crippen LogP contribution is 2.47. The Morgan fingerprint density at radius 3 is 2.37 bits per heavy atom. The van der Waals surface area contributed by atoms with Crippen molar-refractivity contribution in [3.8, 4) is 16.9 Å². The number of hydrogen-bond donors (Lipinski definition) is 2. The molecule has 0 aliphatic heterocycles. The first-order valence-corrected chi connectivity index (χ1v) is 9.95. The number of carbonyl (C=O) groups excluding carboxylic acids is 2. The van der Waals surface area contributed by atoms with Gasteiger partial charge in [0.1, 0.15) is 0 Å². The smallest absolute Gasteiger partial charge is 0.434 e. The molecule has 0 saturated heterocycles. The van der Waals surface area contributed by atoms with Crippen LogP contribution in [-0.4, -0.2) is 18.7 Å². The Hall–Kier alpha value is -2.21. The zero-order valence-corrected chi connectivity index (χ0v) is 17.0. The molecule has 0 spiro atoms. The van der Waals surface area contributed by atoms with Gasteiger partial charge in [0, 0.05) is 18.2 Å². The Morgan fingerprint density at radius 2 is 1.78 bits per heavy atom. The van der Waals surface area contributed by atoms with E-state index in [-0.39, 0.29) is 12.5 Å². The molecule has 0 atom stereocenters. The fourth-order valence-electron chi connectivity index (χ4n) is 3.05. The number of nitrogens with one attached hydrogen (secondary N) is 1. The molecule has 0 aromatic rings. The topological polar surface area (TPSA) is 64.6 Å². The standard InChI is InChI=1S/C21H27NO4S/c1-4-6-7-8-17-16-11-9-15(13-27)10-12-18(16)20(19(17)22-14(3)23)26-21(24)25-5-2/h9-12,27H,4-8,13H2,1-3H3,(H,22,23). The highest BCUT2D eigenvalue weighted by atomic mass is 32.1. The summed E-state index contributed by atoms with van der Waals surface area (Å²) in [7, 11) is 0. The van der Waals surface area contributed by atoms with Crippen molar-refractivity contribution in [2.45, 2.75) is 52.2 Å². The van der Waals surface area contributed by atoms with Crippen molar-refractivity contribution < 1.29 is 19.1 Å². The van der Waals surface area contributed by atoms with Gasteiger partial charge in [0.25, 0.3) is 0 Å².